The molecule has 6 nitrogen and oxygen atoms in total. The minimum atomic E-state index is -0.741. The average Bonchev–Trinajstić information content (AvgIpc) is 3.11. The van der Waals surface area contributed by atoms with Crippen LogP contribution in [0.4, 0.5) is 5.82 Å². The van der Waals surface area contributed by atoms with Gasteiger partial charge in [-0.3, -0.25) is 14.5 Å². The van der Waals surface area contributed by atoms with Gasteiger partial charge in [0, 0.05) is 6.20 Å². The number of nitrogens with zero attached hydrogens (tertiary/aromatic N) is 2. The summed E-state index contributed by atoms with van der Waals surface area (Å²) < 4.78 is 11.7. The molecular weight excluding hydrogens is 440 g/mol. The first kappa shape index (κ1) is 21.0. The summed E-state index contributed by atoms with van der Waals surface area (Å²) in [7, 11) is 0. The van der Waals surface area contributed by atoms with Gasteiger partial charge in [-0.25, -0.2) is 4.98 Å². The summed E-state index contributed by atoms with van der Waals surface area (Å²) in [6.45, 7) is 5.90. The number of halogens is 1. The van der Waals surface area contributed by atoms with Crippen molar-refractivity contribution in [3.63, 3.8) is 0 Å². The Hall–Kier alpha value is -3.90. The van der Waals surface area contributed by atoms with Crippen molar-refractivity contribution in [2.24, 2.45) is 0 Å². The molecule has 0 bridgehead atoms. The SMILES string of the molecule is C=CCOc1cccc(C2c3c(oc4ccc(C)cc4c3=O)C(=O)N2c2ccc(Cl)cn2)c1. The fourth-order valence-corrected chi connectivity index (χ4v) is 4.19. The van der Waals surface area contributed by atoms with Gasteiger partial charge in [0.15, 0.2) is 5.43 Å². The van der Waals surface area contributed by atoms with Crippen molar-refractivity contribution in [3.05, 3.63) is 111 Å². The fourth-order valence-electron chi connectivity index (χ4n) is 4.08. The monoisotopic (exact) mass is 458 g/mol. The third kappa shape index (κ3) is 3.58. The lowest BCUT2D eigenvalue weighted by atomic mass is 9.98. The molecule has 7 heteroatoms. The number of carbonyl (C=O) groups is 1. The highest BCUT2D eigenvalue weighted by molar-refractivity contribution is 6.30. The second-order valence-electron chi connectivity index (χ2n) is 7.76. The molecule has 1 amide bonds. The van der Waals surface area contributed by atoms with E-state index in [-0.39, 0.29) is 16.8 Å². The molecule has 3 heterocycles. The van der Waals surface area contributed by atoms with E-state index in [0.29, 0.717) is 39.7 Å². The maximum atomic E-state index is 13.7. The molecule has 4 aromatic rings. The van der Waals surface area contributed by atoms with Gasteiger partial charge in [0.25, 0.3) is 5.91 Å². The molecule has 1 atom stereocenters. The molecule has 0 radical (unpaired) electrons. The number of benzene rings is 2. The van der Waals surface area contributed by atoms with Crippen molar-refractivity contribution in [3.8, 4) is 5.75 Å². The van der Waals surface area contributed by atoms with E-state index in [1.54, 1.807) is 36.4 Å². The Bertz CT molecular complexity index is 1460. The van der Waals surface area contributed by atoms with E-state index < -0.39 is 11.9 Å². The van der Waals surface area contributed by atoms with E-state index in [2.05, 4.69) is 11.6 Å². The molecule has 164 valence electrons. The molecule has 0 spiro atoms. The zero-order chi connectivity index (χ0) is 23.1. The van der Waals surface area contributed by atoms with E-state index in [1.165, 1.54) is 11.1 Å². The van der Waals surface area contributed by atoms with Crippen molar-refractivity contribution in [1.82, 2.24) is 4.98 Å². The van der Waals surface area contributed by atoms with Crippen LogP contribution >= 0.6 is 11.6 Å². The summed E-state index contributed by atoms with van der Waals surface area (Å²) in [5.41, 5.74) is 2.01. The van der Waals surface area contributed by atoms with Gasteiger partial charge < -0.3 is 9.15 Å². The molecule has 0 N–H and O–H groups in total. The maximum Gasteiger partial charge on any atom is 0.296 e. The molecule has 0 fully saturated rings. The van der Waals surface area contributed by atoms with E-state index in [9.17, 15) is 9.59 Å². The number of pyridine rings is 1. The molecule has 33 heavy (non-hydrogen) atoms. The fraction of sp³-hybridized carbons (Fsp3) is 0.115. The Morgan fingerprint density at radius 3 is 2.79 bits per heavy atom. The van der Waals surface area contributed by atoms with Gasteiger partial charge in [0.05, 0.1) is 22.0 Å². The Labute approximate surface area is 194 Å². The van der Waals surface area contributed by atoms with Crippen molar-refractivity contribution in [2.45, 2.75) is 13.0 Å². The quantitative estimate of drug-likeness (QED) is 0.371. The molecule has 1 unspecified atom stereocenters. The van der Waals surface area contributed by atoms with E-state index in [0.717, 1.165) is 5.56 Å². The number of ether oxygens (including phenoxy) is 1. The number of aryl methyl sites for hydroxylation is 1. The third-order valence-electron chi connectivity index (χ3n) is 5.53. The van der Waals surface area contributed by atoms with Crippen LogP contribution in [-0.2, 0) is 0 Å². The second kappa shape index (κ2) is 8.22. The van der Waals surface area contributed by atoms with Crippen LogP contribution in [0.2, 0.25) is 5.02 Å². The summed E-state index contributed by atoms with van der Waals surface area (Å²) >= 11 is 6.02. The van der Waals surface area contributed by atoms with Gasteiger partial charge in [-0.15, -0.1) is 0 Å². The van der Waals surface area contributed by atoms with Gasteiger partial charge in [-0.2, -0.15) is 0 Å². The molecule has 0 saturated carbocycles. The molecular formula is C26H19ClN2O4. The Morgan fingerprint density at radius 2 is 2.03 bits per heavy atom. The average molecular weight is 459 g/mol. The van der Waals surface area contributed by atoms with Crippen LogP contribution in [0.1, 0.15) is 33.3 Å². The number of amides is 1. The molecule has 2 aromatic heterocycles. The Morgan fingerprint density at radius 1 is 1.18 bits per heavy atom. The number of anilines is 1. The maximum absolute atomic E-state index is 13.7. The summed E-state index contributed by atoms with van der Waals surface area (Å²) in [6.07, 6.45) is 3.11. The number of rotatable bonds is 5. The van der Waals surface area contributed by atoms with Crippen LogP contribution in [-0.4, -0.2) is 17.5 Å². The number of hydrogen-bond acceptors (Lipinski definition) is 5. The van der Waals surface area contributed by atoms with Gasteiger partial charge in [0.1, 0.15) is 23.8 Å². The van der Waals surface area contributed by atoms with Crippen LogP contribution in [0.5, 0.6) is 5.75 Å². The van der Waals surface area contributed by atoms with Gasteiger partial charge in [0.2, 0.25) is 5.76 Å². The number of hydrogen-bond donors (Lipinski definition) is 0. The Kier molecular flexibility index (Phi) is 5.23. The van der Waals surface area contributed by atoms with Crippen molar-refractivity contribution < 1.29 is 13.9 Å². The molecule has 5 rings (SSSR count). The molecule has 1 aliphatic heterocycles. The third-order valence-corrected chi connectivity index (χ3v) is 5.75. The molecule has 1 aliphatic rings. The summed E-state index contributed by atoms with van der Waals surface area (Å²) in [6, 6.07) is 15.1. The number of carbonyl (C=O) groups excluding carboxylic acids is 1. The first-order valence-electron chi connectivity index (χ1n) is 10.3. The van der Waals surface area contributed by atoms with Gasteiger partial charge >= 0.3 is 0 Å². The molecule has 0 aliphatic carbocycles. The van der Waals surface area contributed by atoms with Crippen LogP contribution in [0, 0.1) is 6.92 Å². The molecule has 2 aromatic carbocycles. The van der Waals surface area contributed by atoms with Crippen LogP contribution in [0.15, 0.2) is 82.7 Å². The largest absolute Gasteiger partial charge is 0.490 e. The minimum absolute atomic E-state index is 0.00974. The minimum Gasteiger partial charge on any atom is -0.490 e. The van der Waals surface area contributed by atoms with Crippen LogP contribution in [0.3, 0.4) is 0 Å². The summed E-state index contributed by atoms with van der Waals surface area (Å²) in [5.74, 6) is 0.522. The normalized spacial score (nSPS) is 15.0. The second-order valence-corrected chi connectivity index (χ2v) is 8.19. The lowest BCUT2D eigenvalue weighted by molar-refractivity contribution is 0.0970. The highest BCUT2D eigenvalue weighted by Gasteiger charge is 2.44. The van der Waals surface area contributed by atoms with Gasteiger partial charge in [-0.1, -0.05) is 48.0 Å². The lowest BCUT2D eigenvalue weighted by Gasteiger charge is -2.24. The number of fused-ring (bicyclic) bond motifs is 2. The summed E-state index contributed by atoms with van der Waals surface area (Å²) in [4.78, 5) is 33.0. The topological polar surface area (TPSA) is 72.6 Å². The van der Waals surface area contributed by atoms with Crippen molar-refractivity contribution in [2.75, 3.05) is 11.5 Å². The van der Waals surface area contributed by atoms with Crippen LogP contribution in [0.25, 0.3) is 11.0 Å². The summed E-state index contributed by atoms with van der Waals surface area (Å²) in [5, 5.41) is 0.867. The predicted molar refractivity (Wildman–Crippen MR) is 127 cm³/mol. The first-order chi connectivity index (χ1) is 16.0. The highest BCUT2D eigenvalue weighted by atomic mass is 35.5. The van der Waals surface area contributed by atoms with Crippen molar-refractivity contribution >= 4 is 34.3 Å². The van der Waals surface area contributed by atoms with E-state index in [1.807, 2.05) is 31.2 Å². The predicted octanol–water partition coefficient (Wildman–Crippen LogP) is 5.46. The molecule has 0 saturated heterocycles. The zero-order valence-electron chi connectivity index (χ0n) is 17.7. The first-order valence-corrected chi connectivity index (χ1v) is 10.7. The van der Waals surface area contributed by atoms with Crippen molar-refractivity contribution in [1.29, 1.82) is 0 Å². The van der Waals surface area contributed by atoms with E-state index >= 15 is 0 Å². The van der Waals surface area contributed by atoms with E-state index in [4.69, 9.17) is 20.8 Å². The zero-order valence-corrected chi connectivity index (χ0v) is 18.5. The Balaban J connectivity index is 1.76. The van der Waals surface area contributed by atoms with Gasteiger partial charge in [-0.05, 0) is 48.9 Å². The smallest absolute Gasteiger partial charge is 0.296 e. The number of aromatic nitrogens is 1. The standard InChI is InChI=1S/C26H19ClN2O4/c1-3-11-32-18-6-4-5-16(13-18)23-22-24(30)19-12-15(2)7-9-20(19)33-25(22)26(31)29(23)21-10-8-17(27)14-28-21/h3-10,12-14,23H,1,11H2,2H3. The van der Waals surface area contributed by atoms with Crippen LogP contribution < -0.4 is 15.1 Å². The highest BCUT2D eigenvalue weighted by Crippen LogP contribution is 2.41. The lowest BCUT2D eigenvalue weighted by Crippen LogP contribution is -2.30.